The number of esters is 2. The minimum absolute atomic E-state index is 0.0758. The van der Waals surface area contributed by atoms with Gasteiger partial charge in [0.1, 0.15) is 24.9 Å². The van der Waals surface area contributed by atoms with Crippen molar-refractivity contribution in [1.29, 1.82) is 0 Å². The molecule has 11 atom stereocenters. The summed E-state index contributed by atoms with van der Waals surface area (Å²) < 4.78 is 52.5. The van der Waals surface area contributed by atoms with Crippen molar-refractivity contribution in [3.63, 3.8) is 0 Å². The van der Waals surface area contributed by atoms with Gasteiger partial charge in [0.25, 0.3) is 25.3 Å². The van der Waals surface area contributed by atoms with E-state index in [1.165, 1.54) is 0 Å². The Labute approximate surface area is 263 Å². The van der Waals surface area contributed by atoms with Crippen LogP contribution in [-0.4, -0.2) is 68.8 Å². The van der Waals surface area contributed by atoms with Gasteiger partial charge in [-0.15, -0.1) is 0 Å². The van der Waals surface area contributed by atoms with Gasteiger partial charge in [-0.1, -0.05) is 20.8 Å². The molecule has 0 spiro atoms. The SMILES string of the molecule is C[C@H](CCC(=O)OCCC(=O)OCC(C)(F)F)[C@H]1CC[C@H]2[C@@H]3C(OC=O)C[C@@H]4CC(OC=O)CC[C@]4(C)[C@H]3CC(OC=O)[C@]12C. The van der Waals surface area contributed by atoms with Crippen LogP contribution in [0.25, 0.3) is 0 Å². The number of halogens is 2. The van der Waals surface area contributed by atoms with Crippen LogP contribution in [0.4, 0.5) is 8.78 Å². The van der Waals surface area contributed by atoms with E-state index in [0.717, 1.165) is 25.7 Å². The Bertz CT molecular complexity index is 1080. The number of rotatable bonds is 15. The first-order valence-corrected chi connectivity index (χ1v) is 16.2. The van der Waals surface area contributed by atoms with Gasteiger partial charge < -0.3 is 23.7 Å². The Kier molecular flexibility index (Phi) is 11.2. The van der Waals surface area contributed by atoms with Crippen molar-refractivity contribution in [2.75, 3.05) is 13.2 Å². The van der Waals surface area contributed by atoms with Gasteiger partial charge in [-0.3, -0.25) is 24.0 Å². The average Bonchev–Trinajstić information content (AvgIpc) is 3.34. The largest absolute Gasteiger partial charge is 0.465 e. The van der Waals surface area contributed by atoms with E-state index in [2.05, 4.69) is 25.5 Å². The summed E-state index contributed by atoms with van der Waals surface area (Å²) in [5.74, 6) is -3.69. The maximum Gasteiger partial charge on any atom is 0.309 e. The van der Waals surface area contributed by atoms with Crippen LogP contribution < -0.4 is 0 Å². The van der Waals surface area contributed by atoms with Crippen LogP contribution in [0.1, 0.15) is 91.9 Å². The zero-order valence-corrected chi connectivity index (χ0v) is 26.8. The first-order valence-electron chi connectivity index (χ1n) is 16.2. The predicted molar refractivity (Wildman–Crippen MR) is 154 cm³/mol. The number of alkyl halides is 2. The van der Waals surface area contributed by atoms with E-state index in [-0.39, 0.29) is 78.7 Å². The number of fused-ring (bicyclic) bond motifs is 5. The van der Waals surface area contributed by atoms with E-state index in [4.69, 9.17) is 18.9 Å². The zero-order valence-electron chi connectivity index (χ0n) is 26.8. The maximum absolute atomic E-state index is 12.9. The van der Waals surface area contributed by atoms with Crippen molar-refractivity contribution in [3.05, 3.63) is 0 Å². The fourth-order valence-electron chi connectivity index (χ4n) is 9.89. The third-order valence-electron chi connectivity index (χ3n) is 12.0. The van der Waals surface area contributed by atoms with Crippen molar-refractivity contribution < 1.29 is 56.4 Å². The number of carbonyl (C=O) groups excluding carboxylic acids is 5. The lowest BCUT2D eigenvalue weighted by Gasteiger charge is -2.64. The minimum Gasteiger partial charge on any atom is -0.465 e. The van der Waals surface area contributed by atoms with Crippen molar-refractivity contribution in [2.24, 2.45) is 46.3 Å². The second-order valence-electron chi connectivity index (χ2n) is 14.4. The zero-order chi connectivity index (χ0) is 33.0. The van der Waals surface area contributed by atoms with Crippen molar-refractivity contribution in [2.45, 2.75) is 116 Å². The van der Waals surface area contributed by atoms with Gasteiger partial charge in [-0.25, -0.2) is 8.78 Å². The topological polar surface area (TPSA) is 132 Å². The fourth-order valence-corrected chi connectivity index (χ4v) is 9.89. The molecular weight excluding hydrogens is 594 g/mol. The maximum atomic E-state index is 12.9. The lowest BCUT2D eigenvalue weighted by atomic mass is 9.43. The summed E-state index contributed by atoms with van der Waals surface area (Å²) in [6, 6.07) is 0. The molecule has 0 radical (unpaired) electrons. The average molecular weight is 643 g/mol. The molecule has 45 heavy (non-hydrogen) atoms. The van der Waals surface area contributed by atoms with Crippen molar-refractivity contribution >= 4 is 31.4 Å². The second-order valence-corrected chi connectivity index (χ2v) is 14.4. The van der Waals surface area contributed by atoms with Crippen LogP contribution in [0.2, 0.25) is 0 Å². The molecule has 0 heterocycles. The van der Waals surface area contributed by atoms with E-state index in [1.807, 2.05) is 0 Å². The molecule has 254 valence electrons. The molecule has 12 heteroatoms. The molecule has 0 aromatic carbocycles. The van der Waals surface area contributed by atoms with Crippen LogP contribution in [0, 0.1) is 46.3 Å². The van der Waals surface area contributed by atoms with Gasteiger partial charge in [0.2, 0.25) is 0 Å². The van der Waals surface area contributed by atoms with Gasteiger partial charge in [-0.2, -0.15) is 0 Å². The molecule has 4 aliphatic carbocycles. The van der Waals surface area contributed by atoms with Gasteiger partial charge in [0, 0.05) is 24.7 Å². The third kappa shape index (κ3) is 7.45. The standard InChI is InChI=1S/C33H48F2O10/c1-20(5-8-28(39)41-12-10-29(40)42-16-32(3,34)35)23-6-7-24-30-25(15-27(45-19-38)33(23,24)4)31(2)11-9-22(43-17-36)13-21(31)14-26(30)44-18-37/h17-27,30H,5-16H2,1-4H3/t20-,21+,22?,23-,24+,25+,26?,27?,30+,31+,33-/m1/s1. The monoisotopic (exact) mass is 642 g/mol. The fraction of sp³-hybridized carbons (Fsp3) is 0.848. The highest BCUT2D eigenvalue weighted by atomic mass is 19.3. The van der Waals surface area contributed by atoms with E-state index >= 15 is 0 Å². The Morgan fingerprint density at radius 1 is 0.889 bits per heavy atom. The van der Waals surface area contributed by atoms with Crippen LogP contribution in [0.15, 0.2) is 0 Å². The Balaban J connectivity index is 1.44. The van der Waals surface area contributed by atoms with E-state index in [0.29, 0.717) is 52.0 Å². The smallest absolute Gasteiger partial charge is 0.309 e. The van der Waals surface area contributed by atoms with Gasteiger partial charge in [-0.05, 0) is 86.4 Å². The molecule has 0 aromatic heterocycles. The van der Waals surface area contributed by atoms with Gasteiger partial charge in [0.05, 0.1) is 6.42 Å². The quantitative estimate of drug-likeness (QED) is 0.136. The van der Waals surface area contributed by atoms with Crippen LogP contribution in [-0.2, 0) is 47.7 Å². The summed E-state index contributed by atoms with van der Waals surface area (Å²) in [6.07, 6.45) is 4.98. The molecule has 0 N–H and O–H groups in total. The van der Waals surface area contributed by atoms with Crippen molar-refractivity contribution in [1.82, 2.24) is 0 Å². The molecule has 0 aliphatic heterocycles. The number of ether oxygens (including phenoxy) is 5. The summed E-state index contributed by atoms with van der Waals surface area (Å²) in [5.41, 5.74) is -0.485. The van der Waals surface area contributed by atoms with Crippen LogP contribution in [0.5, 0.6) is 0 Å². The molecule has 0 saturated heterocycles. The summed E-state index contributed by atoms with van der Waals surface area (Å²) in [6.45, 7) is 7.53. The lowest BCUT2D eigenvalue weighted by Crippen LogP contribution is -2.63. The lowest BCUT2D eigenvalue weighted by molar-refractivity contribution is -0.218. The number of hydrogen-bond donors (Lipinski definition) is 0. The highest BCUT2D eigenvalue weighted by Crippen LogP contribution is 2.69. The van der Waals surface area contributed by atoms with E-state index in [9.17, 15) is 32.8 Å². The molecule has 0 aromatic rings. The second kappa shape index (κ2) is 14.3. The Hall–Kier alpha value is -2.79. The molecule has 0 amide bonds. The highest BCUT2D eigenvalue weighted by molar-refractivity contribution is 5.71. The number of hydrogen-bond acceptors (Lipinski definition) is 10. The van der Waals surface area contributed by atoms with Crippen LogP contribution >= 0.6 is 0 Å². The minimum atomic E-state index is -3.13. The van der Waals surface area contributed by atoms with Gasteiger partial charge >= 0.3 is 11.9 Å². The predicted octanol–water partition coefficient (Wildman–Crippen LogP) is 5.04. The summed E-state index contributed by atoms with van der Waals surface area (Å²) in [5, 5.41) is 0. The van der Waals surface area contributed by atoms with Gasteiger partial charge in [0.15, 0.2) is 6.61 Å². The molecule has 0 bridgehead atoms. The van der Waals surface area contributed by atoms with Crippen LogP contribution in [0.3, 0.4) is 0 Å². The molecule has 4 rings (SSSR count). The third-order valence-corrected chi connectivity index (χ3v) is 12.0. The summed E-state index contributed by atoms with van der Waals surface area (Å²) in [7, 11) is 0. The Morgan fingerprint density at radius 3 is 2.24 bits per heavy atom. The normalized spacial score (nSPS) is 37.9. The van der Waals surface area contributed by atoms with E-state index < -0.39 is 29.9 Å². The molecule has 10 nitrogen and oxygen atoms in total. The summed E-state index contributed by atoms with van der Waals surface area (Å²) >= 11 is 0. The summed E-state index contributed by atoms with van der Waals surface area (Å²) in [4.78, 5) is 58.8. The number of carbonyl (C=O) groups is 5. The Morgan fingerprint density at radius 2 is 1.58 bits per heavy atom. The first-order chi connectivity index (χ1) is 21.3. The molecular formula is C33H48F2O10. The molecule has 4 fully saturated rings. The van der Waals surface area contributed by atoms with Crippen molar-refractivity contribution in [3.8, 4) is 0 Å². The molecule has 3 unspecified atom stereocenters. The van der Waals surface area contributed by atoms with E-state index in [1.54, 1.807) is 0 Å². The highest BCUT2D eigenvalue weighted by Gasteiger charge is 2.67. The molecule has 4 saturated carbocycles. The first kappa shape index (κ1) is 35.1. The molecule has 4 aliphatic rings.